The summed E-state index contributed by atoms with van der Waals surface area (Å²) in [5.41, 5.74) is 1.09. The lowest BCUT2D eigenvalue weighted by Gasteiger charge is -2.31. The molecule has 2 aromatic heterocycles. The number of aliphatic carboxylic acids is 1. The van der Waals surface area contributed by atoms with E-state index in [1.54, 1.807) is 6.33 Å². The summed E-state index contributed by atoms with van der Waals surface area (Å²) >= 11 is 0. The normalized spacial score (nSPS) is 18.0. The van der Waals surface area contributed by atoms with Gasteiger partial charge in [0.25, 0.3) is 0 Å². The Morgan fingerprint density at radius 2 is 2.00 bits per heavy atom. The van der Waals surface area contributed by atoms with E-state index < -0.39 is 5.97 Å². The minimum absolute atomic E-state index is 0.329. The third kappa shape index (κ3) is 2.60. The molecule has 122 valence electrons. The smallest absolute Gasteiger partial charge is 0.308 e. The molecule has 1 fully saturated rings. The maximum Gasteiger partial charge on any atom is 0.308 e. The van der Waals surface area contributed by atoms with Crippen LogP contribution in [0.25, 0.3) is 16.7 Å². The van der Waals surface area contributed by atoms with Crippen molar-refractivity contribution in [3.8, 4) is 5.82 Å². The third-order valence-corrected chi connectivity index (χ3v) is 4.58. The summed E-state index contributed by atoms with van der Waals surface area (Å²) in [6, 6.07) is 12.1. The van der Waals surface area contributed by atoms with Gasteiger partial charge in [-0.15, -0.1) is 0 Å². The molecule has 24 heavy (non-hydrogen) atoms. The maximum absolute atomic E-state index is 11.3. The summed E-state index contributed by atoms with van der Waals surface area (Å²) in [6.45, 7) is 1.32. The van der Waals surface area contributed by atoms with Crippen LogP contribution in [0.15, 0.2) is 48.9 Å². The number of fused-ring (bicyclic) bond motifs is 1. The number of carbonyl (C=O) groups is 1. The number of aromatic nitrogens is 3. The lowest BCUT2D eigenvalue weighted by molar-refractivity contribution is -0.141. The fourth-order valence-corrected chi connectivity index (χ4v) is 3.31. The molecule has 0 unspecified atom stereocenters. The first kappa shape index (κ1) is 14.7. The molecule has 1 aliphatic heterocycles. The van der Waals surface area contributed by atoms with E-state index in [1.807, 2.05) is 33.9 Å². The number of hydrogen-bond donors (Lipinski definition) is 1. The second kappa shape index (κ2) is 5.96. The third-order valence-electron chi connectivity index (χ3n) is 4.58. The van der Waals surface area contributed by atoms with E-state index in [0.29, 0.717) is 6.54 Å². The Morgan fingerprint density at radius 3 is 2.88 bits per heavy atom. The number of carboxylic acids is 1. The predicted molar refractivity (Wildman–Crippen MR) is 91.4 cm³/mol. The Hall–Kier alpha value is -2.89. The Morgan fingerprint density at radius 1 is 1.17 bits per heavy atom. The van der Waals surface area contributed by atoms with Crippen LogP contribution in [0, 0.1) is 5.92 Å². The van der Waals surface area contributed by atoms with Crippen molar-refractivity contribution < 1.29 is 9.90 Å². The SMILES string of the molecule is O=C(O)[C@@H]1CCCN(c2cc(-n3ccc4ccccc43)ncn2)C1. The van der Waals surface area contributed by atoms with Crippen LogP contribution in [0.3, 0.4) is 0 Å². The van der Waals surface area contributed by atoms with E-state index in [9.17, 15) is 9.90 Å². The molecule has 0 radical (unpaired) electrons. The van der Waals surface area contributed by atoms with Crippen LogP contribution >= 0.6 is 0 Å². The average molecular weight is 322 g/mol. The van der Waals surface area contributed by atoms with Gasteiger partial charge in [0.15, 0.2) is 0 Å². The number of carboxylic acid groups (broad SMARTS) is 1. The number of para-hydroxylation sites is 1. The zero-order valence-corrected chi connectivity index (χ0v) is 13.2. The van der Waals surface area contributed by atoms with E-state index in [0.717, 1.165) is 41.9 Å². The first-order chi connectivity index (χ1) is 11.7. The van der Waals surface area contributed by atoms with Gasteiger partial charge >= 0.3 is 5.97 Å². The average Bonchev–Trinajstić information content (AvgIpc) is 3.06. The van der Waals surface area contributed by atoms with Gasteiger partial charge in [-0.05, 0) is 30.4 Å². The molecule has 1 N–H and O–H groups in total. The van der Waals surface area contributed by atoms with Crippen molar-refractivity contribution in [3.05, 3.63) is 48.9 Å². The molecule has 1 aliphatic rings. The van der Waals surface area contributed by atoms with E-state index >= 15 is 0 Å². The van der Waals surface area contributed by atoms with Crippen LogP contribution in [0.1, 0.15) is 12.8 Å². The Labute approximate surface area is 139 Å². The number of hydrogen-bond acceptors (Lipinski definition) is 4. The summed E-state index contributed by atoms with van der Waals surface area (Å²) in [5.74, 6) is 0.511. The molecule has 0 bridgehead atoms. The minimum Gasteiger partial charge on any atom is -0.481 e. The summed E-state index contributed by atoms with van der Waals surface area (Å²) in [6.07, 6.45) is 5.13. The molecular weight excluding hydrogens is 304 g/mol. The molecule has 0 spiro atoms. The fraction of sp³-hybridized carbons (Fsp3) is 0.278. The lowest BCUT2D eigenvalue weighted by atomic mass is 9.98. The molecule has 3 aromatic rings. The van der Waals surface area contributed by atoms with Crippen molar-refractivity contribution in [2.24, 2.45) is 5.92 Å². The zero-order chi connectivity index (χ0) is 16.5. The molecule has 6 heteroatoms. The molecule has 0 saturated carbocycles. The van der Waals surface area contributed by atoms with E-state index in [-0.39, 0.29) is 5.92 Å². The topological polar surface area (TPSA) is 71.2 Å². The Balaban J connectivity index is 1.68. The van der Waals surface area contributed by atoms with Crippen LogP contribution in [-0.4, -0.2) is 38.7 Å². The fourth-order valence-electron chi connectivity index (χ4n) is 3.31. The highest BCUT2D eigenvalue weighted by Crippen LogP contribution is 2.24. The summed E-state index contributed by atoms with van der Waals surface area (Å²) in [7, 11) is 0. The number of piperidine rings is 1. The Kier molecular flexibility index (Phi) is 3.65. The second-order valence-electron chi connectivity index (χ2n) is 6.10. The van der Waals surface area contributed by atoms with Crippen LogP contribution < -0.4 is 4.90 Å². The van der Waals surface area contributed by atoms with Gasteiger partial charge in [-0.1, -0.05) is 18.2 Å². The van der Waals surface area contributed by atoms with E-state index in [2.05, 4.69) is 28.2 Å². The van der Waals surface area contributed by atoms with Gasteiger partial charge in [0.05, 0.1) is 11.4 Å². The van der Waals surface area contributed by atoms with Crippen LogP contribution in [0.2, 0.25) is 0 Å². The number of benzene rings is 1. The number of anilines is 1. The van der Waals surface area contributed by atoms with Gasteiger partial charge in [-0.2, -0.15) is 0 Å². The molecule has 0 aliphatic carbocycles. The summed E-state index contributed by atoms with van der Waals surface area (Å²) in [5, 5.41) is 10.4. The molecule has 0 amide bonds. The molecule has 1 aromatic carbocycles. The quantitative estimate of drug-likeness (QED) is 0.803. The molecule has 1 atom stereocenters. The minimum atomic E-state index is -0.731. The molecule has 3 heterocycles. The van der Waals surface area contributed by atoms with Crippen molar-refractivity contribution in [1.29, 1.82) is 0 Å². The van der Waals surface area contributed by atoms with Crippen molar-refractivity contribution in [3.63, 3.8) is 0 Å². The second-order valence-corrected chi connectivity index (χ2v) is 6.10. The van der Waals surface area contributed by atoms with Crippen molar-refractivity contribution >= 4 is 22.7 Å². The van der Waals surface area contributed by atoms with Gasteiger partial charge in [0.2, 0.25) is 0 Å². The van der Waals surface area contributed by atoms with Gasteiger partial charge in [-0.25, -0.2) is 9.97 Å². The molecule has 4 rings (SSSR count). The van der Waals surface area contributed by atoms with Crippen LogP contribution in [-0.2, 0) is 4.79 Å². The lowest BCUT2D eigenvalue weighted by Crippen LogP contribution is -2.39. The van der Waals surface area contributed by atoms with Crippen molar-refractivity contribution in [1.82, 2.24) is 14.5 Å². The summed E-state index contributed by atoms with van der Waals surface area (Å²) in [4.78, 5) is 22.1. The summed E-state index contributed by atoms with van der Waals surface area (Å²) < 4.78 is 2.03. The van der Waals surface area contributed by atoms with Crippen molar-refractivity contribution in [2.45, 2.75) is 12.8 Å². The molecule has 1 saturated heterocycles. The van der Waals surface area contributed by atoms with Crippen LogP contribution in [0.5, 0.6) is 0 Å². The largest absolute Gasteiger partial charge is 0.481 e. The highest BCUT2D eigenvalue weighted by molar-refractivity contribution is 5.81. The van der Waals surface area contributed by atoms with E-state index in [1.165, 1.54) is 0 Å². The molecule has 6 nitrogen and oxygen atoms in total. The first-order valence-electron chi connectivity index (χ1n) is 8.08. The standard InChI is InChI=1S/C18H18N4O2/c23-18(24)14-5-3-8-21(11-14)16-10-17(20-12-19-16)22-9-7-13-4-1-2-6-15(13)22/h1-2,4,6-7,9-10,12,14H,3,5,8,11H2,(H,23,24)/t14-/m1/s1. The van der Waals surface area contributed by atoms with Gasteiger partial charge in [0.1, 0.15) is 18.0 Å². The first-order valence-corrected chi connectivity index (χ1v) is 8.08. The highest BCUT2D eigenvalue weighted by Gasteiger charge is 2.26. The molecular formula is C18H18N4O2. The number of rotatable bonds is 3. The van der Waals surface area contributed by atoms with E-state index in [4.69, 9.17) is 0 Å². The predicted octanol–water partition coefficient (Wildman–Crippen LogP) is 2.72. The van der Waals surface area contributed by atoms with Crippen molar-refractivity contribution in [2.75, 3.05) is 18.0 Å². The zero-order valence-electron chi connectivity index (χ0n) is 13.2. The monoisotopic (exact) mass is 322 g/mol. The Bertz CT molecular complexity index is 889. The van der Waals surface area contributed by atoms with Gasteiger partial charge in [0, 0.05) is 25.4 Å². The van der Waals surface area contributed by atoms with Gasteiger partial charge in [-0.3, -0.25) is 4.79 Å². The highest BCUT2D eigenvalue weighted by atomic mass is 16.4. The number of nitrogens with zero attached hydrogens (tertiary/aromatic N) is 4. The van der Waals surface area contributed by atoms with Crippen LogP contribution in [0.4, 0.5) is 5.82 Å². The van der Waals surface area contributed by atoms with Gasteiger partial charge < -0.3 is 14.6 Å². The maximum atomic E-state index is 11.3.